The summed E-state index contributed by atoms with van der Waals surface area (Å²) in [7, 11) is 0. The number of aliphatic hydroxyl groups excluding tert-OH is 1. The van der Waals surface area contributed by atoms with Crippen molar-refractivity contribution in [1.29, 1.82) is 0 Å². The highest BCUT2D eigenvalue weighted by molar-refractivity contribution is 5.03. The number of rotatable bonds is 3. The largest absolute Gasteiger partial charge is 0.393 e. The maximum Gasteiger partial charge on any atom is 0.175 e. The number of nitrogens with zero attached hydrogens (tertiary/aromatic N) is 1. The first-order chi connectivity index (χ1) is 9.35. The first-order valence-electron chi connectivity index (χ1n) is 7.81. The molecule has 5 heteroatoms. The van der Waals surface area contributed by atoms with E-state index >= 15 is 0 Å². The van der Waals surface area contributed by atoms with Crippen molar-refractivity contribution < 1.29 is 19.8 Å². The van der Waals surface area contributed by atoms with E-state index in [0.717, 1.165) is 12.8 Å². The van der Waals surface area contributed by atoms with Gasteiger partial charge in [0.1, 0.15) is 5.60 Å². The van der Waals surface area contributed by atoms with Gasteiger partial charge in [0.2, 0.25) is 0 Å². The smallest absolute Gasteiger partial charge is 0.175 e. The van der Waals surface area contributed by atoms with Crippen molar-refractivity contribution >= 4 is 0 Å². The molecule has 0 bridgehead atoms. The van der Waals surface area contributed by atoms with Crippen LogP contribution in [0.25, 0.3) is 0 Å². The Bertz CT molecular complexity index is 347. The summed E-state index contributed by atoms with van der Waals surface area (Å²) in [5.74, 6) is -0.657. The predicted octanol–water partition coefficient (Wildman–Crippen LogP) is 2.16. The maximum atomic E-state index is 10.1. The van der Waals surface area contributed by atoms with Crippen LogP contribution in [0, 0.1) is 5.92 Å². The minimum atomic E-state index is -0.697. The second-order valence-corrected chi connectivity index (χ2v) is 6.47. The average Bonchev–Trinajstić information content (AvgIpc) is 2.78. The second-order valence-electron chi connectivity index (χ2n) is 6.47. The summed E-state index contributed by atoms with van der Waals surface area (Å²) in [5.41, 5.74) is -0.611. The number of hydrogen-bond donors (Lipinski definition) is 2. The lowest BCUT2D eigenvalue weighted by Crippen LogP contribution is -2.59. The van der Waals surface area contributed by atoms with Crippen molar-refractivity contribution in [3.8, 4) is 0 Å². The van der Waals surface area contributed by atoms with E-state index in [1.165, 1.54) is 5.06 Å². The van der Waals surface area contributed by atoms with Gasteiger partial charge in [-0.05, 0) is 26.7 Å². The normalized spacial score (nSPS) is 50.0. The lowest BCUT2D eigenvalue weighted by atomic mass is 9.83. The van der Waals surface area contributed by atoms with Crippen LogP contribution >= 0.6 is 0 Å². The molecule has 118 valence electrons. The highest BCUT2D eigenvalue weighted by atomic mass is 16.8. The molecule has 2 fully saturated rings. The SMILES string of the molecule is CCC1OC2(CC(C)N(O)C(C)C2C)OC1(CC)CO. The second kappa shape index (κ2) is 5.54. The molecule has 0 radical (unpaired) electrons. The highest BCUT2D eigenvalue weighted by Crippen LogP contribution is 2.50. The van der Waals surface area contributed by atoms with E-state index < -0.39 is 11.4 Å². The van der Waals surface area contributed by atoms with Gasteiger partial charge in [0.25, 0.3) is 0 Å². The molecule has 0 aromatic carbocycles. The molecule has 20 heavy (non-hydrogen) atoms. The molecule has 2 N–H and O–H groups in total. The molecule has 2 aliphatic heterocycles. The zero-order valence-corrected chi connectivity index (χ0v) is 13.3. The summed E-state index contributed by atoms with van der Waals surface area (Å²) in [5, 5.41) is 21.3. The number of aliphatic hydroxyl groups is 1. The molecule has 0 amide bonds. The quantitative estimate of drug-likeness (QED) is 0.833. The van der Waals surface area contributed by atoms with Crippen molar-refractivity contribution in [2.24, 2.45) is 5.92 Å². The molecule has 6 atom stereocenters. The van der Waals surface area contributed by atoms with Gasteiger partial charge in [0.05, 0.1) is 12.7 Å². The van der Waals surface area contributed by atoms with E-state index in [1.807, 2.05) is 20.8 Å². The van der Waals surface area contributed by atoms with Gasteiger partial charge >= 0.3 is 0 Å². The third kappa shape index (κ3) is 2.20. The fourth-order valence-corrected chi connectivity index (χ4v) is 3.76. The molecular weight excluding hydrogens is 258 g/mol. The fraction of sp³-hybridized carbons (Fsp3) is 1.00. The van der Waals surface area contributed by atoms with E-state index in [4.69, 9.17) is 9.47 Å². The van der Waals surface area contributed by atoms with E-state index in [-0.39, 0.29) is 30.7 Å². The summed E-state index contributed by atoms with van der Waals surface area (Å²) < 4.78 is 12.7. The Kier molecular flexibility index (Phi) is 4.48. The van der Waals surface area contributed by atoms with Crippen molar-refractivity contribution in [1.82, 2.24) is 5.06 Å². The Hall–Kier alpha value is -0.200. The van der Waals surface area contributed by atoms with Gasteiger partial charge in [0.15, 0.2) is 5.79 Å². The average molecular weight is 287 g/mol. The van der Waals surface area contributed by atoms with E-state index in [9.17, 15) is 10.3 Å². The first-order valence-corrected chi connectivity index (χ1v) is 7.81. The standard InChI is InChI=1S/C15H29NO4/c1-6-13-14(7-2,9-17)20-15(19-13)8-10(3)16(18)12(5)11(15)4/h10-13,17-18H,6-9H2,1-5H3. The molecule has 2 aliphatic rings. The van der Waals surface area contributed by atoms with Gasteiger partial charge in [-0.25, -0.2) is 0 Å². The van der Waals surface area contributed by atoms with E-state index in [0.29, 0.717) is 6.42 Å². The van der Waals surface area contributed by atoms with E-state index in [2.05, 4.69) is 13.8 Å². The Balaban J connectivity index is 2.32. The van der Waals surface area contributed by atoms with Crippen LogP contribution < -0.4 is 0 Å². The summed E-state index contributed by atoms with van der Waals surface area (Å²) >= 11 is 0. The monoisotopic (exact) mass is 287 g/mol. The Morgan fingerprint density at radius 3 is 2.35 bits per heavy atom. The van der Waals surface area contributed by atoms with Crippen molar-refractivity contribution in [2.45, 2.75) is 83.5 Å². The van der Waals surface area contributed by atoms with Gasteiger partial charge in [-0.1, -0.05) is 20.8 Å². The summed E-state index contributed by atoms with van der Waals surface area (Å²) in [4.78, 5) is 0. The number of hydrogen-bond acceptors (Lipinski definition) is 5. The number of piperidine rings is 1. The molecule has 0 aromatic rings. The molecular formula is C15H29NO4. The van der Waals surface area contributed by atoms with Crippen LogP contribution in [0.15, 0.2) is 0 Å². The fourth-order valence-electron chi connectivity index (χ4n) is 3.76. The number of hydroxylamine groups is 2. The maximum absolute atomic E-state index is 10.1. The van der Waals surface area contributed by atoms with Gasteiger partial charge in [-0.2, -0.15) is 5.06 Å². The summed E-state index contributed by atoms with van der Waals surface area (Å²) in [6.45, 7) is 10.1. The third-order valence-electron chi connectivity index (χ3n) is 5.41. The van der Waals surface area contributed by atoms with Gasteiger partial charge < -0.3 is 19.8 Å². The molecule has 6 unspecified atom stereocenters. The van der Waals surface area contributed by atoms with Crippen LogP contribution in [0.2, 0.25) is 0 Å². The molecule has 0 aromatic heterocycles. The number of ether oxygens (including phenoxy) is 2. The zero-order valence-electron chi connectivity index (χ0n) is 13.3. The lowest BCUT2D eigenvalue weighted by Gasteiger charge is -2.48. The Morgan fingerprint density at radius 1 is 1.25 bits per heavy atom. The first kappa shape index (κ1) is 16.2. The summed E-state index contributed by atoms with van der Waals surface area (Å²) in [6, 6.07) is -0.0624. The molecule has 1 spiro atoms. The van der Waals surface area contributed by atoms with Crippen molar-refractivity contribution in [3.05, 3.63) is 0 Å². The van der Waals surface area contributed by atoms with Crippen LogP contribution in [0.5, 0.6) is 0 Å². The van der Waals surface area contributed by atoms with Crippen LogP contribution in [-0.4, -0.2) is 51.6 Å². The third-order valence-corrected chi connectivity index (χ3v) is 5.41. The molecule has 5 nitrogen and oxygen atoms in total. The lowest BCUT2D eigenvalue weighted by molar-refractivity contribution is -0.305. The molecule has 0 saturated carbocycles. The highest BCUT2D eigenvalue weighted by Gasteiger charge is 2.61. The Morgan fingerprint density at radius 2 is 1.90 bits per heavy atom. The van der Waals surface area contributed by atoms with Crippen molar-refractivity contribution in [2.75, 3.05) is 6.61 Å². The predicted molar refractivity (Wildman–Crippen MR) is 75.4 cm³/mol. The van der Waals surface area contributed by atoms with Crippen LogP contribution in [-0.2, 0) is 9.47 Å². The minimum Gasteiger partial charge on any atom is -0.393 e. The molecule has 2 saturated heterocycles. The van der Waals surface area contributed by atoms with Crippen LogP contribution in [0.4, 0.5) is 0 Å². The van der Waals surface area contributed by atoms with Crippen LogP contribution in [0.3, 0.4) is 0 Å². The van der Waals surface area contributed by atoms with Gasteiger partial charge in [-0.3, -0.25) is 0 Å². The zero-order chi connectivity index (χ0) is 15.1. The van der Waals surface area contributed by atoms with E-state index in [1.54, 1.807) is 0 Å². The van der Waals surface area contributed by atoms with Gasteiger partial charge in [0, 0.05) is 24.4 Å². The van der Waals surface area contributed by atoms with Crippen LogP contribution in [0.1, 0.15) is 53.9 Å². The minimum absolute atomic E-state index is 0.0231. The topological polar surface area (TPSA) is 62.2 Å². The summed E-state index contributed by atoms with van der Waals surface area (Å²) in [6.07, 6.45) is 2.06. The van der Waals surface area contributed by atoms with Crippen molar-refractivity contribution in [3.63, 3.8) is 0 Å². The molecule has 2 heterocycles. The van der Waals surface area contributed by atoms with Gasteiger partial charge in [-0.15, -0.1) is 0 Å². The molecule has 2 rings (SSSR count). The Labute approximate surface area is 121 Å². The molecule has 0 aliphatic carbocycles.